The van der Waals surface area contributed by atoms with Crippen LogP contribution >= 0.6 is 0 Å². The molecule has 5 heterocycles. The van der Waals surface area contributed by atoms with Crippen LogP contribution < -0.4 is 9.64 Å². The van der Waals surface area contributed by atoms with E-state index in [1.165, 1.54) is 0 Å². The first-order chi connectivity index (χ1) is 14.2. The summed E-state index contributed by atoms with van der Waals surface area (Å²) in [7, 11) is 1.63. The van der Waals surface area contributed by atoms with Gasteiger partial charge in [-0.05, 0) is 30.7 Å². The minimum Gasteiger partial charge on any atom is -0.496 e. The van der Waals surface area contributed by atoms with Crippen molar-refractivity contribution in [1.29, 1.82) is 0 Å². The number of fused-ring (bicyclic) bond motifs is 1. The van der Waals surface area contributed by atoms with Crippen LogP contribution in [0.2, 0.25) is 0 Å². The fraction of sp³-hybridized carbons (Fsp3) is 0.238. The number of nitrogens with one attached hydrogen (secondary N) is 1. The molecule has 8 heteroatoms. The first-order valence-electron chi connectivity index (χ1n) is 9.45. The van der Waals surface area contributed by atoms with E-state index in [1.807, 2.05) is 24.3 Å². The normalized spacial score (nSPS) is 16.5. The Morgan fingerprint density at radius 3 is 2.93 bits per heavy atom. The van der Waals surface area contributed by atoms with Crippen molar-refractivity contribution in [3.8, 4) is 28.3 Å². The Kier molecular flexibility index (Phi) is 4.33. The van der Waals surface area contributed by atoms with Gasteiger partial charge in [-0.15, -0.1) is 0 Å². The number of nitrogens with zero attached hydrogens (tertiary/aromatic N) is 5. The van der Waals surface area contributed by atoms with Gasteiger partial charge in [0.25, 0.3) is 0 Å². The second kappa shape index (κ2) is 7.14. The van der Waals surface area contributed by atoms with E-state index in [9.17, 15) is 5.11 Å². The van der Waals surface area contributed by atoms with E-state index in [0.717, 1.165) is 58.0 Å². The van der Waals surface area contributed by atoms with Crippen LogP contribution in [0, 0.1) is 0 Å². The molecule has 0 aliphatic carbocycles. The number of hydrogen-bond donors (Lipinski definition) is 2. The molecule has 0 amide bonds. The van der Waals surface area contributed by atoms with Crippen molar-refractivity contribution < 1.29 is 9.84 Å². The Morgan fingerprint density at radius 2 is 2.10 bits per heavy atom. The van der Waals surface area contributed by atoms with Crippen molar-refractivity contribution in [2.45, 2.75) is 12.5 Å². The molecule has 1 saturated heterocycles. The summed E-state index contributed by atoms with van der Waals surface area (Å²) in [5.41, 5.74) is 4.22. The number of aromatic nitrogens is 5. The van der Waals surface area contributed by atoms with E-state index < -0.39 is 0 Å². The molecule has 0 radical (unpaired) electrons. The van der Waals surface area contributed by atoms with Crippen LogP contribution in [0.4, 0.5) is 5.82 Å². The summed E-state index contributed by atoms with van der Waals surface area (Å²) >= 11 is 0. The van der Waals surface area contributed by atoms with Crippen molar-refractivity contribution >= 4 is 16.7 Å². The average Bonchev–Trinajstić information content (AvgIpc) is 3.39. The molecule has 1 aliphatic heterocycles. The Bertz CT molecular complexity index is 1170. The minimum atomic E-state index is -0.297. The Balaban J connectivity index is 1.58. The van der Waals surface area contributed by atoms with Gasteiger partial charge in [0.15, 0.2) is 0 Å². The number of pyridine rings is 3. The monoisotopic (exact) mass is 388 g/mol. The predicted octanol–water partition coefficient (Wildman–Crippen LogP) is 2.66. The number of H-pyrrole nitrogens is 1. The number of aliphatic hydroxyl groups is 1. The van der Waals surface area contributed by atoms with Gasteiger partial charge in [0.05, 0.1) is 36.2 Å². The van der Waals surface area contributed by atoms with Crippen LogP contribution in [0.3, 0.4) is 0 Å². The van der Waals surface area contributed by atoms with Crippen LogP contribution in [0.5, 0.6) is 5.75 Å². The molecule has 0 aromatic carbocycles. The maximum absolute atomic E-state index is 9.83. The Labute approximate surface area is 167 Å². The fourth-order valence-corrected chi connectivity index (χ4v) is 3.72. The first kappa shape index (κ1) is 17.6. The lowest BCUT2D eigenvalue weighted by Crippen LogP contribution is -2.22. The number of hydrogen-bond acceptors (Lipinski definition) is 7. The summed E-state index contributed by atoms with van der Waals surface area (Å²) in [6.07, 6.45) is 7.46. The molecule has 8 nitrogen and oxygen atoms in total. The Morgan fingerprint density at radius 1 is 1.17 bits per heavy atom. The number of aromatic amines is 1. The van der Waals surface area contributed by atoms with Gasteiger partial charge in [0.2, 0.25) is 0 Å². The number of aliphatic hydroxyl groups excluding tert-OH is 1. The van der Waals surface area contributed by atoms with Gasteiger partial charge in [0, 0.05) is 42.6 Å². The predicted molar refractivity (Wildman–Crippen MR) is 110 cm³/mol. The highest BCUT2D eigenvalue weighted by atomic mass is 16.5. The van der Waals surface area contributed by atoms with Crippen LogP contribution in [0.1, 0.15) is 6.42 Å². The van der Waals surface area contributed by atoms with Gasteiger partial charge in [-0.1, -0.05) is 0 Å². The zero-order valence-electron chi connectivity index (χ0n) is 15.9. The second-order valence-corrected chi connectivity index (χ2v) is 7.05. The molecule has 2 N–H and O–H groups in total. The van der Waals surface area contributed by atoms with E-state index in [2.05, 4.69) is 30.0 Å². The lowest BCUT2D eigenvalue weighted by atomic mass is 10.1. The van der Waals surface area contributed by atoms with Crippen LogP contribution in [-0.4, -0.2) is 56.6 Å². The summed E-state index contributed by atoms with van der Waals surface area (Å²) in [5, 5.41) is 18.4. The molecular weight excluding hydrogens is 368 g/mol. The van der Waals surface area contributed by atoms with Gasteiger partial charge in [0.1, 0.15) is 17.3 Å². The molecule has 146 valence electrons. The summed E-state index contributed by atoms with van der Waals surface area (Å²) in [4.78, 5) is 15.3. The molecule has 1 fully saturated rings. The summed E-state index contributed by atoms with van der Waals surface area (Å²) in [5.74, 6) is 1.56. The number of β-amino-alcohol motifs (C(OH)–C–C–N with tert-alkyl or cyclic N) is 1. The molecule has 0 bridgehead atoms. The van der Waals surface area contributed by atoms with Gasteiger partial charge >= 0.3 is 0 Å². The second-order valence-electron chi connectivity index (χ2n) is 7.05. The highest BCUT2D eigenvalue weighted by Gasteiger charge is 2.22. The lowest BCUT2D eigenvalue weighted by Gasteiger charge is -2.16. The van der Waals surface area contributed by atoms with E-state index in [4.69, 9.17) is 4.74 Å². The maximum Gasteiger partial charge on any atom is 0.131 e. The van der Waals surface area contributed by atoms with E-state index >= 15 is 0 Å². The van der Waals surface area contributed by atoms with Crippen molar-refractivity contribution in [2.75, 3.05) is 25.1 Å². The SMILES string of the molecule is COc1ccncc1-c1cc2c(-c3ccnc(N4CCC(O)C4)c3)n[nH]c2cn1. The summed E-state index contributed by atoms with van der Waals surface area (Å²) < 4.78 is 5.45. The summed E-state index contributed by atoms with van der Waals surface area (Å²) in [6.45, 7) is 1.40. The number of ether oxygens (including phenoxy) is 1. The standard InChI is InChI=1S/C21H20N6O2/c1-29-19-3-5-22-10-16(19)17-9-15-18(11-24-17)25-26-21(15)13-2-6-23-20(8-13)27-7-4-14(28)12-27/h2-3,5-6,8-11,14,28H,4,7,12H2,1H3,(H,25,26). The molecular formula is C21H20N6O2. The van der Waals surface area contributed by atoms with Crippen LogP contribution in [0.15, 0.2) is 49.1 Å². The third-order valence-corrected chi connectivity index (χ3v) is 5.23. The van der Waals surface area contributed by atoms with Gasteiger partial charge in [-0.3, -0.25) is 15.1 Å². The van der Waals surface area contributed by atoms with E-state index in [1.54, 1.807) is 31.9 Å². The van der Waals surface area contributed by atoms with Crippen LogP contribution in [-0.2, 0) is 0 Å². The van der Waals surface area contributed by atoms with Crippen molar-refractivity contribution in [2.24, 2.45) is 0 Å². The van der Waals surface area contributed by atoms with E-state index in [-0.39, 0.29) is 6.10 Å². The van der Waals surface area contributed by atoms with Crippen molar-refractivity contribution in [3.05, 3.63) is 49.1 Å². The smallest absolute Gasteiger partial charge is 0.131 e. The number of methoxy groups -OCH3 is 1. The van der Waals surface area contributed by atoms with Gasteiger partial charge in [-0.25, -0.2) is 4.98 Å². The third kappa shape index (κ3) is 3.17. The molecule has 1 aliphatic rings. The summed E-state index contributed by atoms with van der Waals surface area (Å²) in [6, 6.07) is 7.76. The quantitative estimate of drug-likeness (QED) is 0.554. The van der Waals surface area contributed by atoms with Crippen molar-refractivity contribution in [1.82, 2.24) is 25.1 Å². The third-order valence-electron chi connectivity index (χ3n) is 5.23. The topological polar surface area (TPSA) is 100 Å². The molecule has 4 aromatic rings. The minimum absolute atomic E-state index is 0.297. The Hall–Kier alpha value is -3.52. The molecule has 1 unspecified atom stereocenters. The number of rotatable bonds is 4. The largest absolute Gasteiger partial charge is 0.496 e. The number of anilines is 1. The first-order valence-corrected chi connectivity index (χ1v) is 9.45. The highest BCUT2D eigenvalue weighted by Crippen LogP contribution is 2.33. The average molecular weight is 388 g/mol. The zero-order valence-corrected chi connectivity index (χ0v) is 15.9. The van der Waals surface area contributed by atoms with Gasteiger partial charge in [-0.2, -0.15) is 5.10 Å². The highest BCUT2D eigenvalue weighted by molar-refractivity contribution is 5.95. The molecule has 0 spiro atoms. The zero-order chi connectivity index (χ0) is 19.8. The maximum atomic E-state index is 9.83. The lowest BCUT2D eigenvalue weighted by molar-refractivity contribution is 0.198. The van der Waals surface area contributed by atoms with Crippen LogP contribution in [0.25, 0.3) is 33.4 Å². The molecule has 29 heavy (non-hydrogen) atoms. The molecule has 4 aromatic heterocycles. The van der Waals surface area contributed by atoms with Crippen molar-refractivity contribution in [3.63, 3.8) is 0 Å². The van der Waals surface area contributed by atoms with E-state index in [0.29, 0.717) is 6.54 Å². The van der Waals surface area contributed by atoms with Gasteiger partial charge < -0.3 is 14.7 Å². The molecule has 0 saturated carbocycles. The molecule has 1 atom stereocenters. The fourth-order valence-electron chi connectivity index (χ4n) is 3.72. The molecule has 5 rings (SSSR count).